The van der Waals surface area contributed by atoms with E-state index in [0.717, 1.165) is 18.3 Å². The minimum atomic E-state index is 0.0299. The van der Waals surface area contributed by atoms with Crippen molar-refractivity contribution in [2.75, 3.05) is 13.7 Å². The molecule has 0 aliphatic heterocycles. The van der Waals surface area contributed by atoms with Crippen molar-refractivity contribution in [3.05, 3.63) is 64.2 Å². The monoisotopic (exact) mass is 339 g/mol. The van der Waals surface area contributed by atoms with Gasteiger partial charge in [-0.1, -0.05) is 24.3 Å². The number of carbonyl (C=O) groups is 2. The Kier molecular flexibility index (Phi) is 6.75. The van der Waals surface area contributed by atoms with E-state index in [1.165, 1.54) is 23.8 Å². The summed E-state index contributed by atoms with van der Waals surface area (Å²) in [6, 6.07) is 11.8. The second-order valence-corrected chi connectivity index (χ2v) is 6.21. The zero-order chi connectivity index (χ0) is 18.2. The Hall–Kier alpha value is -2.62. The summed E-state index contributed by atoms with van der Waals surface area (Å²) >= 11 is 0. The lowest BCUT2D eigenvalue weighted by molar-refractivity contribution is -0.121. The van der Waals surface area contributed by atoms with Gasteiger partial charge in [-0.15, -0.1) is 0 Å². The van der Waals surface area contributed by atoms with Crippen LogP contribution in [0.2, 0.25) is 0 Å². The van der Waals surface area contributed by atoms with Gasteiger partial charge >= 0.3 is 0 Å². The predicted octanol–water partition coefficient (Wildman–Crippen LogP) is 3.42. The Morgan fingerprint density at radius 3 is 2.44 bits per heavy atom. The minimum absolute atomic E-state index is 0.0299. The molecule has 0 unspecified atom stereocenters. The van der Waals surface area contributed by atoms with Crippen LogP contribution in [-0.4, -0.2) is 25.8 Å². The van der Waals surface area contributed by atoms with Crippen LogP contribution in [0, 0.1) is 13.8 Å². The molecule has 2 aromatic carbocycles. The number of ether oxygens (including phenoxy) is 1. The Bertz CT molecular complexity index is 753. The maximum atomic E-state index is 12.0. The van der Waals surface area contributed by atoms with Gasteiger partial charge in [-0.05, 0) is 61.1 Å². The number of amides is 1. The van der Waals surface area contributed by atoms with E-state index in [0.29, 0.717) is 30.7 Å². The zero-order valence-electron chi connectivity index (χ0n) is 15.1. The molecule has 0 fully saturated rings. The molecular formula is C21H25NO3. The largest absolute Gasteiger partial charge is 0.496 e. The number of rotatable bonds is 8. The summed E-state index contributed by atoms with van der Waals surface area (Å²) in [6.07, 6.45) is 2.62. The quantitative estimate of drug-likeness (QED) is 0.750. The molecule has 2 aromatic rings. The van der Waals surface area contributed by atoms with Gasteiger partial charge in [0.15, 0.2) is 6.29 Å². The molecule has 0 heterocycles. The minimum Gasteiger partial charge on any atom is -0.496 e. The lowest BCUT2D eigenvalue weighted by Gasteiger charge is -2.09. The first-order valence-corrected chi connectivity index (χ1v) is 8.48. The van der Waals surface area contributed by atoms with Crippen LogP contribution in [0.15, 0.2) is 36.4 Å². The molecule has 2 rings (SSSR count). The molecule has 0 aliphatic rings. The first-order valence-electron chi connectivity index (χ1n) is 8.48. The van der Waals surface area contributed by atoms with Gasteiger partial charge in [-0.2, -0.15) is 0 Å². The predicted molar refractivity (Wildman–Crippen MR) is 99.3 cm³/mol. The number of methoxy groups -OCH3 is 1. The molecule has 0 aliphatic carbocycles. The molecule has 4 nitrogen and oxygen atoms in total. The third-order valence-corrected chi connectivity index (χ3v) is 4.37. The summed E-state index contributed by atoms with van der Waals surface area (Å²) in [5, 5.41) is 2.96. The highest BCUT2D eigenvalue weighted by atomic mass is 16.5. The molecule has 0 radical (unpaired) electrons. The summed E-state index contributed by atoms with van der Waals surface area (Å²) in [4.78, 5) is 22.9. The van der Waals surface area contributed by atoms with Crippen LogP contribution in [0.5, 0.6) is 5.75 Å². The normalized spacial score (nSPS) is 10.4. The number of benzene rings is 2. The summed E-state index contributed by atoms with van der Waals surface area (Å²) in [7, 11) is 1.53. The van der Waals surface area contributed by atoms with Gasteiger partial charge in [-0.25, -0.2) is 0 Å². The molecule has 4 heteroatoms. The van der Waals surface area contributed by atoms with Crippen LogP contribution in [-0.2, 0) is 17.6 Å². The lowest BCUT2D eigenvalue weighted by atomic mass is 10.0. The number of carbonyl (C=O) groups excluding carboxylic acids is 2. The number of aryl methyl sites for hydroxylation is 3. The van der Waals surface area contributed by atoms with Crippen molar-refractivity contribution >= 4 is 12.2 Å². The van der Waals surface area contributed by atoms with Crippen molar-refractivity contribution in [3.63, 3.8) is 0 Å². The highest BCUT2D eigenvalue weighted by Gasteiger charge is 2.06. The van der Waals surface area contributed by atoms with Gasteiger partial charge in [0, 0.05) is 13.0 Å². The maximum absolute atomic E-state index is 12.0. The number of nitrogens with one attached hydrogen (secondary N) is 1. The van der Waals surface area contributed by atoms with Gasteiger partial charge < -0.3 is 10.1 Å². The van der Waals surface area contributed by atoms with Gasteiger partial charge in [0.1, 0.15) is 5.75 Å². The Morgan fingerprint density at radius 1 is 1.04 bits per heavy atom. The molecule has 1 N–H and O–H groups in total. The summed E-state index contributed by atoms with van der Waals surface area (Å²) in [5.74, 6) is 0.574. The van der Waals surface area contributed by atoms with E-state index in [4.69, 9.17) is 4.74 Å². The topological polar surface area (TPSA) is 55.4 Å². The van der Waals surface area contributed by atoms with Gasteiger partial charge in [0.05, 0.1) is 12.7 Å². The highest BCUT2D eigenvalue weighted by molar-refractivity contribution is 5.79. The molecule has 0 saturated heterocycles. The third-order valence-electron chi connectivity index (χ3n) is 4.37. The van der Waals surface area contributed by atoms with Crippen LogP contribution in [0.3, 0.4) is 0 Å². The standard InChI is InChI=1S/C21H25NO3/c1-15-4-5-18(12-16(15)2)10-11-22-21(24)9-7-17-6-8-19(14-23)20(13-17)25-3/h4-6,8,12-14H,7,9-11H2,1-3H3,(H,22,24). The van der Waals surface area contributed by atoms with Gasteiger partial charge in [-0.3, -0.25) is 9.59 Å². The van der Waals surface area contributed by atoms with Crippen molar-refractivity contribution in [1.29, 1.82) is 0 Å². The Balaban J connectivity index is 1.78. The number of hydrogen-bond donors (Lipinski definition) is 1. The first-order chi connectivity index (χ1) is 12.0. The fraction of sp³-hybridized carbons (Fsp3) is 0.333. The molecule has 132 valence electrons. The summed E-state index contributed by atoms with van der Waals surface area (Å²) in [5.41, 5.74) is 5.29. The Labute approximate surface area is 149 Å². The van der Waals surface area contributed by atoms with Crippen LogP contribution < -0.4 is 10.1 Å². The lowest BCUT2D eigenvalue weighted by Crippen LogP contribution is -2.25. The molecular weight excluding hydrogens is 314 g/mol. The van der Waals surface area contributed by atoms with E-state index in [1.807, 2.05) is 12.1 Å². The number of aldehydes is 1. The second kappa shape index (κ2) is 9.02. The van der Waals surface area contributed by atoms with E-state index in [1.54, 1.807) is 6.07 Å². The van der Waals surface area contributed by atoms with Crippen LogP contribution in [0.4, 0.5) is 0 Å². The zero-order valence-corrected chi connectivity index (χ0v) is 15.1. The van der Waals surface area contributed by atoms with E-state index in [-0.39, 0.29) is 5.91 Å². The van der Waals surface area contributed by atoms with Crippen molar-refractivity contribution in [1.82, 2.24) is 5.32 Å². The smallest absolute Gasteiger partial charge is 0.220 e. The molecule has 1 amide bonds. The molecule has 25 heavy (non-hydrogen) atoms. The van der Waals surface area contributed by atoms with E-state index >= 15 is 0 Å². The third kappa shape index (κ3) is 5.45. The van der Waals surface area contributed by atoms with Crippen LogP contribution in [0.1, 0.15) is 39.0 Å². The van der Waals surface area contributed by atoms with Gasteiger partial charge in [0.2, 0.25) is 5.91 Å². The van der Waals surface area contributed by atoms with Gasteiger partial charge in [0.25, 0.3) is 0 Å². The number of hydrogen-bond acceptors (Lipinski definition) is 3. The van der Waals surface area contributed by atoms with Crippen LogP contribution >= 0.6 is 0 Å². The highest BCUT2D eigenvalue weighted by Crippen LogP contribution is 2.19. The van der Waals surface area contributed by atoms with Crippen molar-refractivity contribution in [2.24, 2.45) is 0 Å². The van der Waals surface area contributed by atoms with E-state index in [2.05, 4.69) is 37.4 Å². The second-order valence-electron chi connectivity index (χ2n) is 6.21. The fourth-order valence-corrected chi connectivity index (χ4v) is 2.66. The molecule has 0 aromatic heterocycles. The Morgan fingerprint density at radius 2 is 1.76 bits per heavy atom. The maximum Gasteiger partial charge on any atom is 0.220 e. The first kappa shape index (κ1) is 18.7. The molecule has 0 bridgehead atoms. The molecule has 0 atom stereocenters. The summed E-state index contributed by atoms with van der Waals surface area (Å²) in [6.45, 7) is 4.83. The van der Waals surface area contributed by atoms with Crippen molar-refractivity contribution in [3.8, 4) is 5.75 Å². The SMILES string of the molecule is COc1cc(CCC(=O)NCCc2ccc(C)c(C)c2)ccc1C=O. The van der Waals surface area contributed by atoms with Crippen LogP contribution in [0.25, 0.3) is 0 Å². The molecule has 0 saturated carbocycles. The van der Waals surface area contributed by atoms with E-state index in [9.17, 15) is 9.59 Å². The molecule has 0 spiro atoms. The average Bonchev–Trinajstić information content (AvgIpc) is 2.62. The van der Waals surface area contributed by atoms with Crippen molar-refractivity contribution in [2.45, 2.75) is 33.1 Å². The summed E-state index contributed by atoms with van der Waals surface area (Å²) < 4.78 is 5.18. The fourth-order valence-electron chi connectivity index (χ4n) is 2.66. The van der Waals surface area contributed by atoms with Crippen molar-refractivity contribution < 1.29 is 14.3 Å². The average molecular weight is 339 g/mol. The van der Waals surface area contributed by atoms with E-state index < -0.39 is 0 Å².